The van der Waals surface area contributed by atoms with Gasteiger partial charge in [-0.3, -0.25) is 0 Å². The minimum atomic E-state index is 0.414. The summed E-state index contributed by atoms with van der Waals surface area (Å²) in [6, 6.07) is 101. The Morgan fingerprint density at radius 3 is 1.03 bits per heavy atom. The molecule has 400 valence electrons. The highest BCUT2D eigenvalue weighted by Gasteiger charge is 2.35. The fourth-order valence-corrected chi connectivity index (χ4v) is 16.4. The van der Waals surface area contributed by atoms with Crippen LogP contribution in [0.2, 0.25) is 0 Å². The molecule has 0 bridgehead atoms. The van der Waals surface area contributed by atoms with Crippen LogP contribution in [0.25, 0.3) is 174 Å². The van der Waals surface area contributed by atoms with Gasteiger partial charge in [0, 0.05) is 63.3 Å². The maximum absolute atomic E-state index is 13.1. The van der Waals surface area contributed by atoms with E-state index in [0.29, 0.717) is 33.9 Å². The van der Waals surface area contributed by atoms with E-state index in [1.54, 1.807) is 11.3 Å². The second kappa shape index (κ2) is 17.9. The molecule has 5 aromatic heterocycles. The standard InChI is InChI=1S/C80H44N6S/c81-45-63-76(83-65-33-12-5-23-52(65)53-24-6-13-34-66(53)83)77(84-67-35-14-7-25-54(67)55-26-8-15-36-68(55)84)64(46-82)79(78(63)85-69-37-16-9-27-56(69)57-28-10-17-38-70(57)85)86-71-43-42-61-58-29-11-18-39-73(58)87-80(61)75(71)62-41-40-47(44-72(62)86)48-31-19-32-60-51-21-2-1-20-49(51)50-22-3-4-30-59(50)74(48)60/h1-44H. The largest absolute Gasteiger partial charge is 0.306 e. The number of fused-ring (bicyclic) bond motifs is 22. The number of rotatable bonds is 5. The Balaban J connectivity index is 1.08. The van der Waals surface area contributed by atoms with Crippen LogP contribution in [-0.4, -0.2) is 18.3 Å². The van der Waals surface area contributed by atoms with Gasteiger partial charge in [-0.1, -0.05) is 212 Å². The molecule has 19 rings (SSSR count). The predicted octanol–water partition coefficient (Wildman–Crippen LogP) is 21.3. The lowest BCUT2D eigenvalue weighted by molar-refractivity contribution is 1.02. The zero-order valence-corrected chi connectivity index (χ0v) is 47.3. The van der Waals surface area contributed by atoms with Crippen LogP contribution in [0.1, 0.15) is 11.1 Å². The summed E-state index contributed by atoms with van der Waals surface area (Å²) in [4.78, 5) is 0. The molecule has 0 saturated heterocycles. The van der Waals surface area contributed by atoms with Crippen molar-refractivity contribution in [2.24, 2.45) is 0 Å². The molecule has 6 nitrogen and oxygen atoms in total. The molecule has 0 amide bonds. The van der Waals surface area contributed by atoms with Crippen molar-refractivity contribution in [3.8, 4) is 46.0 Å². The molecule has 5 heterocycles. The number of benzene rings is 14. The Labute approximate surface area is 500 Å². The van der Waals surface area contributed by atoms with Crippen molar-refractivity contribution < 1.29 is 0 Å². The van der Waals surface area contributed by atoms with Gasteiger partial charge in [0.15, 0.2) is 0 Å². The molecule has 7 heteroatoms. The Hall–Kier alpha value is -11.7. The molecule has 0 fully saturated rings. The number of hydrogen-bond donors (Lipinski definition) is 0. The van der Waals surface area contributed by atoms with E-state index in [-0.39, 0.29) is 0 Å². The lowest BCUT2D eigenvalue weighted by Gasteiger charge is -2.27. The molecule has 87 heavy (non-hydrogen) atoms. The van der Waals surface area contributed by atoms with Gasteiger partial charge in [0.05, 0.1) is 66.9 Å². The Kier molecular flexibility index (Phi) is 9.81. The predicted molar refractivity (Wildman–Crippen MR) is 364 cm³/mol. The topological polar surface area (TPSA) is 67.3 Å². The summed E-state index contributed by atoms with van der Waals surface area (Å²) >= 11 is 1.81. The molecule has 0 aliphatic carbocycles. The maximum atomic E-state index is 13.1. The summed E-state index contributed by atoms with van der Waals surface area (Å²) in [6.45, 7) is 0. The molecule has 0 unspecified atom stereocenters. The fourth-order valence-electron chi connectivity index (χ4n) is 15.2. The summed E-state index contributed by atoms with van der Waals surface area (Å²) in [5.41, 5.74) is 12.8. The number of aromatic nitrogens is 4. The van der Waals surface area contributed by atoms with Gasteiger partial charge >= 0.3 is 0 Å². The van der Waals surface area contributed by atoms with Gasteiger partial charge in [0.2, 0.25) is 0 Å². The van der Waals surface area contributed by atoms with Crippen LogP contribution in [0.15, 0.2) is 267 Å². The zero-order chi connectivity index (χ0) is 57.2. The quantitative estimate of drug-likeness (QED) is 0.161. The highest BCUT2D eigenvalue weighted by atomic mass is 32.1. The Morgan fingerprint density at radius 2 is 0.598 bits per heavy atom. The van der Waals surface area contributed by atoms with Crippen LogP contribution < -0.4 is 0 Å². The van der Waals surface area contributed by atoms with Crippen LogP contribution in [0.4, 0.5) is 0 Å². The molecular formula is C80H44N6S. The van der Waals surface area contributed by atoms with E-state index in [9.17, 15) is 10.5 Å². The van der Waals surface area contributed by atoms with Crippen molar-refractivity contribution in [2.45, 2.75) is 0 Å². The Morgan fingerprint density at radius 1 is 0.253 bits per heavy atom. The van der Waals surface area contributed by atoms with Crippen LogP contribution in [0.5, 0.6) is 0 Å². The third-order valence-corrected chi connectivity index (χ3v) is 19.8. The highest BCUT2D eigenvalue weighted by Crippen LogP contribution is 2.52. The van der Waals surface area contributed by atoms with E-state index in [2.05, 4.69) is 297 Å². The van der Waals surface area contributed by atoms with Crippen molar-refractivity contribution in [1.82, 2.24) is 18.3 Å². The molecule has 0 spiro atoms. The summed E-state index contributed by atoms with van der Waals surface area (Å²) < 4.78 is 11.6. The molecular weight excluding hydrogens is 1080 g/mol. The summed E-state index contributed by atoms with van der Waals surface area (Å²) in [7, 11) is 0. The number of nitrogens with zero attached hydrogens (tertiary/aromatic N) is 6. The van der Waals surface area contributed by atoms with E-state index >= 15 is 0 Å². The molecule has 0 aliphatic rings. The molecule has 0 N–H and O–H groups in total. The lowest BCUT2D eigenvalue weighted by Crippen LogP contribution is -2.16. The van der Waals surface area contributed by atoms with Gasteiger partial charge in [-0.2, -0.15) is 10.5 Å². The van der Waals surface area contributed by atoms with E-state index in [4.69, 9.17) is 0 Å². The third kappa shape index (κ3) is 6.34. The van der Waals surface area contributed by atoms with E-state index < -0.39 is 0 Å². The first-order valence-corrected chi connectivity index (χ1v) is 30.2. The summed E-state index contributed by atoms with van der Waals surface area (Å²) in [5.74, 6) is 0. The molecule has 19 aromatic rings. The normalized spacial score (nSPS) is 12.1. The lowest BCUT2D eigenvalue weighted by atomic mass is 9.89. The average Bonchev–Trinajstić information content (AvgIpc) is 1.72. The summed E-state index contributed by atoms with van der Waals surface area (Å²) in [6.07, 6.45) is 0. The molecule has 0 saturated carbocycles. The van der Waals surface area contributed by atoms with Crippen LogP contribution in [-0.2, 0) is 0 Å². The SMILES string of the molecule is N#Cc1c(-n2c3ccccc3c3ccccc32)c(-n2c3ccccc3c3ccccc32)c(C#N)c(-n2c3cc(-c4cccc5c6ccccc6c6ccccc6c45)ccc3c3c4sc5ccccc5c4ccc32)c1-n1c2ccccc2c2ccccc21. The number of nitriles is 2. The van der Waals surface area contributed by atoms with Gasteiger partial charge in [-0.15, -0.1) is 11.3 Å². The average molecular weight is 1120 g/mol. The van der Waals surface area contributed by atoms with Crippen molar-refractivity contribution in [3.63, 3.8) is 0 Å². The monoisotopic (exact) mass is 1120 g/mol. The smallest absolute Gasteiger partial charge is 0.104 e. The third-order valence-electron chi connectivity index (χ3n) is 18.6. The van der Waals surface area contributed by atoms with Crippen molar-refractivity contribution >= 4 is 151 Å². The second-order valence-electron chi connectivity index (χ2n) is 22.8. The van der Waals surface area contributed by atoms with Crippen molar-refractivity contribution in [3.05, 3.63) is 278 Å². The number of hydrogen-bond acceptors (Lipinski definition) is 3. The van der Waals surface area contributed by atoms with Crippen molar-refractivity contribution in [1.29, 1.82) is 10.5 Å². The Bertz CT molecular complexity index is 6160. The van der Waals surface area contributed by atoms with E-state index in [1.807, 2.05) is 0 Å². The second-order valence-corrected chi connectivity index (χ2v) is 23.9. The maximum Gasteiger partial charge on any atom is 0.104 e. The first kappa shape index (κ1) is 47.7. The first-order valence-electron chi connectivity index (χ1n) is 29.4. The van der Waals surface area contributed by atoms with Gasteiger partial charge in [-0.25, -0.2) is 0 Å². The molecule has 0 aliphatic heterocycles. The highest BCUT2D eigenvalue weighted by molar-refractivity contribution is 7.26. The molecule has 14 aromatic carbocycles. The van der Waals surface area contributed by atoms with E-state index in [1.165, 1.54) is 47.8 Å². The van der Waals surface area contributed by atoms with E-state index in [0.717, 1.165) is 103 Å². The fraction of sp³-hybridized carbons (Fsp3) is 0. The van der Waals surface area contributed by atoms with Crippen LogP contribution in [0.3, 0.4) is 0 Å². The number of thiophene rings is 1. The first-order chi connectivity index (χ1) is 43.2. The van der Waals surface area contributed by atoms with Crippen LogP contribution >= 0.6 is 11.3 Å². The number of para-hydroxylation sites is 6. The zero-order valence-electron chi connectivity index (χ0n) is 46.5. The van der Waals surface area contributed by atoms with Gasteiger partial charge in [0.25, 0.3) is 0 Å². The minimum absolute atomic E-state index is 0.414. The van der Waals surface area contributed by atoms with Gasteiger partial charge in [-0.05, 0) is 98.0 Å². The summed E-state index contributed by atoms with van der Waals surface area (Å²) in [5, 5.41) is 44.0. The van der Waals surface area contributed by atoms with Crippen LogP contribution in [0, 0.1) is 22.7 Å². The van der Waals surface area contributed by atoms with Crippen molar-refractivity contribution in [2.75, 3.05) is 0 Å². The molecule has 0 radical (unpaired) electrons. The minimum Gasteiger partial charge on any atom is -0.306 e. The van der Waals surface area contributed by atoms with Gasteiger partial charge in [0.1, 0.15) is 23.3 Å². The molecule has 0 atom stereocenters. The van der Waals surface area contributed by atoms with Gasteiger partial charge < -0.3 is 18.3 Å².